The molecule has 1 aromatic rings. The fraction of sp³-hybridized carbons (Fsp3) is 0.462. The molecule has 0 heterocycles. The smallest absolute Gasteiger partial charge is 0.254 e. The Labute approximate surface area is 113 Å². The van der Waals surface area contributed by atoms with Crippen LogP contribution in [0.4, 0.5) is 0 Å². The van der Waals surface area contributed by atoms with E-state index < -0.39 is 10.0 Å². The first-order valence-corrected chi connectivity index (χ1v) is 7.82. The zero-order valence-corrected chi connectivity index (χ0v) is 11.9. The topological polar surface area (TPSA) is 80.5 Å². The van der Waals surface area contributed by atoms with Crippen molar-refractivity contribution in [3.05, 3.63) is 29.3 Å². The Morgan fingerprint density at radius 1 is 1.42 bits per heavy atom. The Morgan fingerprint density at radius 3 is 2.53 bits per heavy atom. The van der Waals surface area contributed by atoms with Crippen molar-refractivity contribution >= 4 is 15.9 Å². The number of carbonyl (C=O) groups excluding carboxylic acids is 1. The van der Waals surface area contributed by atoms with Crippen molar-refractivity contribution in [1.82, 2.24) is 4.90 Å². The number of hydrogen-bond acceptors (Lipinski definition) is 3. The highest BCUT2D eigenvalue weighted by Gasteiger charge is 2.31. The molecule has 0 aromatic heterocycles. The van der Waals surface area contributed by atoms with Crippen LogP contribution in [0.2, 0.25) is 0 Å². The maximum atomic E-state index is 12.4. The molecule has 6 heteroatoms. The largest absolute Gasteiger partial charge is 0.339 e. The van der Waals surface area contributed by atoms with Gasteiger partial charge >= 0.3 is 0 Å². The molecule has 1 aliphatic carbocycles. The zero-order chi connectivity index (χ0) is 14.2. The van der Waals surface area contributed by atoms with E-state index in [0.29, 0.717) is 12.0 Å². The second-order valence-electron chi connectivity index (χ2n) is 4.86. The fourth-order valence-electron chi connectivity index (χ4n) is 2.06. The molecule has 0 spiro atoms. The second-order valence-corrected chi connectivity index (χ2v) is 6.43. The lowest BCUT2D eigenvalue weighted by Crippen LogP contribution is -2.30. The first-order chi connectivity index (χ1) is 8.84. The third-order valence-electron chi connectivity index (χ3n) is 3.44. The average Bonchev–Trinajstić information content (AvgIpc) is 3.19. The van der Waals surface area contributed by atoms with E-state index in [2.05, 4.69) is 0 Å². The second kappa shape index (κ2) is 4.94. The number of nitrogens with zero attached hydrogens (tertiary/aromatic N) is 1. The van der Waals surface area contributed by atoms with Gasteiger partial charge in [-0.05, 0) is 37.0 Å². The molecule has 1 aromatic carbocycles. The van der Waals surface area contributed by atoms with Gasteiger partial charge in [0.1, 0.15) is 0 Å². The van der Waals surface area contributed by atoms with Crippen molar-refractivity contribution in [2.45, 2.75) is 37.1 Å². The van der Waals surface area contributed by atoms with Crippen molar-refractivity contribution in [3.63, 3.8) is 0 Å². The van der Waals surface area contributed by atoms with Crippen molar-refractivity contribution in [2.75, 3.05) is 7.05 Å². The minimum absolute atomic E-state index is 0.0164. The van der Waals surface area contributed by atoms with Crippen molar-refractivity contribution < 1.29 is 13.2 Å². The molecule has 19 heavy (non-hydrogen) atoms. The summed E-state index contributed by atoms with van der Waals surface area (Å²) in [6.07, 6.45) is 2.70. The number of aryl methyl sites for hydroxylation is 1. The van der Waals surface area contributed by atoms with E-state index in [1.165, 1.54) is 12.1 Å². The molecule has 5 nitrogen and oxygen atoms in total. The van der Waals surface area contributed by atoms with Gasteiger partial charge in [0.15, 0.2) is 0 Å². The van der Waals surface area contributed by atoms with Crippen LogP contribution in [0.3, 0.4) is 0 Å². The Kier molecular flexibility index (Phi) is 3.64. The first-order valence-electron chi connectivity index (χ1n) is 6.27. The van der Waals surface area contributed by atoms with Gasteiger partial charge in [-0.1, -0.05) is 13.0 Å². The van der Waals surface area contributed by atoms with Crippen LogP contribution in [-0.4, -0.2) is 32.3 Å². The third-order valence-corrected chi connectivity index (χ3v) is 4.35. The van der Waals surface area contributed by atoms with Gasteiger partial charge in [0.25, 0.3) is 5.91 Å². The van der Waals surface area contributed by atoms with Crippen LogP contribution in [-0.2, 0) is 16.4 Å². The van der Waals surface area contributed by atoms with Gasteiger partial charge in [0.05, 0.1) is 4.90 Å². The van der Waals surface area contributed by atoms with Crippen molar-refractivity contribution in [3.8, 4) is 0 Å². The third kappa shape index (κ3) is 2.96. The predicted molar refractivity (Wildman–Crippen MR) is 72.3 cm³/mol. The van der Waals surface area contributed by atoms with Gasteiger partial charge in [-0.2, -0.15) is 0 Å². The highest BCUT2D eigenvalue weighted by molar-refractivity contribution is 7.89. The molecule has 1 aliphatic rings. The van der Waals surface area contributed by atoms with Gasteiger partial charge in [-0.25, -0.2) is 13.6 Å². The highest BCUT2D eigenvalue weighted by Crippen LogP contribution is 2.28. The lowest BCUT2D eigenvalue weighted by molar-refractivity contribution is 0.0784. The molecule has 1 saturated carbocycles. The van der Waals surface area contributed by atoms with E-state index in [0.717, 1.165) is 18.4 Å². The first kappa shape index (κ1) is 14.0. The van der Waals surface area contributed by atoms with E-state index in [1.54, 1.807) is 18.0 Å². The monoisotopic (exact) mass is 282 g/mol. The average molecular weight is 282 g/mol. The zero-order valence-electron chi connectivity index (χ0n) is 11.1. The van der Waals surface area contributed by atoms with E-state index in [4.69, 9.17) is 5.14 Å². The van der Waals surface area contributed by atoms with Gasteiger partial charge in [0, 0.05) is 18.7 Å². The number of nitrogens with two attached hydrogens (primary N) is 1. The molecular weight excluding hydrogens is 264 g/mol. The van der Waals surface area contributed by atoms with Crippen LogP contribution in [0.25, 0.3) is 0 Å². The number of hydrogen-bond donors (Lipinski definition) is 1. The molecule has 0 saturated heterocycles. The van der Waals surface area contributed by atoms with Gasteiger partial charge in [0.2, 0.25) is 10.0 Å². The Morgan fingerprint density at radius 2 is 2.05 bits per heavy atom. The van der Waals surface area contributed by atoms with Crippen LogP contribution < -0.4 is 5.14 Å². The Balaban J connectivity index is 2.44. The molecule has 2 rings (SSSR count). The molecule has 0 unspecified atom stereocenters. The number of amides is 1. The summed E-state index contributed by atoms with van der Waals surface area (Å²) in [6.45, 7) is 1.93. The summed E-state index contributed by atoms with van der Waals surface area (Å²) in [5.74, 6) is -0.134. The molecule has 1 fully saturated rings. The number of carbonyl (C=O) groups is 1. The predicted octanol–water partition coefficient (Wildman–Crippen LogP) is 1.13. The van der Waals surface area contributed by atoms with Crippen molar-refractivity contribution in [2.24, 2.45) is 5.14 Å². The molecule has 0 atom stereocenters. The van der Waals surface area contributed by atoms with E-state index >= 15 is 0 Å². The van der Waals surface area contributed by atoms with E-state index in [-0.39, 0.29) is 16.8 Å². The lowest BCUT2D eigenvalue weighted by Gasteiger charge is -2.18. The number of rotatable bonds is 4. The van der Waals surface area contributed by atoms with Crippen LogP contribution in [0.5, 0.6) is 0 Å². The number of primary sulfonamides is 1. The molecule has 0 radical (unpaired) electrons. The maximum Gasteiger partial charge on any atom is 0.254 e. The van der Waals surface area contributed by atoms with E-state index in [1.807, 2.05) is 6.92 Å². The van der Waals surface area contributed by atoms with Gasteiger partial charge < -0.3 is 4.90 Å². The summed E-state index contributed by atoms with van der Waals surface area (Å²) < 4.78 is 22.8. The minimum Gasteiger partial charge on any atom is -0.339 e. The molecule has 1 amide bonds. The van der Waals surface area contributed by atoms with Crippen LogP contribution in [0.1, 0.15) is 35.7 Å². The van der Waals surface area contributed by atoms with Crippen LogP contribution >= 0.6 is 0 Å². The quantitative estimate of drug-likeness (QED) is 0.899. The Bertz CT molecular complexity index is 606. The van der Waals surface area contributed by atoms with Crippen LogP contribution in [0.15, 0.2) is 23.1 Å². The normalized spacial score (nSPS) is 15.3. The maximum absolute atomic E-state index is 12.4. The van der Waals surface area contributed by atoms with Gasteiger partial charge in [-0.3, -0.25) is 4.79 Å². The Hall–Kier alpha value is -1.40. The summed E-state index contributed by atoms with van der Waals surface area (Å²) in [4.78, 5) is 14.0. The summed E-state index contributed by atoms with van der Waals surface area (Å²) in [5, 5.41) is 5.11. The number of sulfonamides is 1. The molecule has 2 N–H and O–H groups in total. The summed E-state index contributed by atoms with van der Waals surface area (Å²) in [6, 6.07) is 4.78. The highest BCUT2D eigenvalue weighted by atomic mass is 32.2. The van der Waals surface area contributed by atoms with Crippen LogP contribution in [0, 0.1) is 0 Å². The standard InChI is InChI=1S/C13H18N2O3S/c1-3-9-4-7-11(19(14,17)18)8-12(9)13(16)15(2)10-5-6-10/h4,7-8,10H,3,5-6H2,1-2H3,(H2,14,17,18). The SMILES string of the molecule is CCc1ccc(S(N)(=O)=O)cc1C(=O)N(C)C1CC1. The molecule has 104 valence electrons. The molecule has 0 aliphatic heterocycles. The summed E-state index contributed by atoms with van der Waals surface area (Å²) in [5.41, 5.74) is 1.27. The summed E-state index contributed by atoms with van der Waals surface area (Å²) in [7, 11) is -2.03. The van der Waals surface area contributed by atoms with Crippen molar-refractivity contribution in [1.29, 1.82) is 0 Å². The minimum atomic E-state index is -3.78. The molecular formula is C13H18N2O3S. The number of benzene rings is 1. The van der Waals surface area contributed by atoms with E-state index in [9.17, 15) is 13.2 Å². The van der Waals surface area contributed by atoms with Gasteiger partial charge in [-0.15, -0.1) is 0 Å². The lowest BCUT2D eigenvalue weighted by atomic mass is 10.0. The summed E-state index contributed by atoms with van der Waals surface area (Å²) >= 11 is 0. The fourth-order valence-corrected chi connectivity index (χ4v) is 2.60. The molecule has 0 bridgehead atoms.